The van der Waals surface area contributed by atoms with Crippen LogP contribution >= 0.6 is 44.3 Å². The van der Waals surface area contributed by atoms with Crippen molar-refractivity contribution < 1.29 is 0 Å². The molecule has 0 aliphatic heterocycles. The molecule has 0 unspecified atom stereocenters. The van der Waals surface area contributed by atoms with E-state index in [9.17, 15) is 0 Å². The topological polar surface area (TPSA) is 26.0 Å². The molecule has 2 rings (SSSR count). The van der Waals surface area contributed by atoms with Gasteiger partial charge < -0.3 is 5.73 Å². The number of hydrogen-bond donors (Lipinski definition) is 1. The predicted octanol–water partition coefficient (Wildman–Crippen LogP) is 5.21. The highest BCUT2D eigenvalue weighted by atomic mass is 79.9. The molecule has 1 saturated carbocycles. The summed E-state index contributed by atoms with van der Waals surface area (Å²) in [6.07, 6.45) is 6.63. The Balaban J connectivity index is 0.00000144. The van der Waals surface area contributed by atoms with Crippen molar-refractivity contribution in [3.8, 4) is 0 Å². The van der Waals surface area contributed by atoms with E-state index < -0.39 is 0 Å². The van der Waals surface area contributed by atoms with Crippen LogP contribution in [-0.2, 0) is 0 Å². The van der Waals surface area contributed by atoms with Gasteiger partial charge in [0.05, 0.1) is 0 Å². The highest BCUT2D eigenvalue weighted by molar-refractivity contribution is 9.11. The van der Waals surface area contributed by atoms with Crippen molar-refractivity contribution in [1.82, 2.24) is 0 Å². The van der Waals surface area contributed by atoms with Gasteiger partial charge >= 0.3 is 0 Å². The van der Waals surface area contributed by atoms with E-state index >= 15 is 0 Å². The molecule has 0 heterocycles. The van der Waals surface area contributed by atoms with Crippen molar-refractivity contribution in [2.75, 3.05) is 0 Å². The second kappa shape index (κ2) is 7.13. The second-order valence-electron chi connectivity index (χ2n) is 4.63. The van der Waals surface area contributed by atoms with Crippen LogP contribution in [0.3, 0.4) is 0 Å². The molecule has 4 heteroatoms. The zero-order valence-corrected chi connectivity index (χ0v) is 13.7. The summed E-state index contributed by atoms with van der Waals surface area (Å²) in [6.45, 7) is 0. The van der Waals surface area contributed by atoms with E-state index in [-0.39, 0.29) is 18.4 Å². The van der Waals surface area contributed by atoms with Crippen LogP contribution in [0.4, 0.5) is 0 Å². The Morgan fingerprint density at radius 1 is 1.00 bits per heavy atom. The van der Waals surface area contributed by atoms with Crippen molar-refractivity contribution in [2.24, 2.45) is 11.7 Å². The molecule has 0 amide bonds. The summed E-state index contributed by atoms with van der Waals surface area (Å²) in [5, 5.41) is 0. The van der Waals surface area contributed by atoms with Gasteiger partial charge in [-0.2, -0.15) is 0 Å². The average molecular weight is 384 g/mol. The zero-order chi connectivity index (χ0) is 11.5. The van der Waals surface area contributed by atoms with Crippen LogP contribution in [0, 0.1) is 5.92 Å². The van der Waals surface area contributed by atoms with Gasteiger partial charge in [-0.15, -0.1) is 12.4 Å². The van der Waals surface area contributed by atoms with Gasteiger partial charge in [0.2, 0.25) is 0 Å². The number of hydrogen-bond acceptors (Lipinski definition) is 1. The molecule has 0 bridgehead atoms. The van der Waals surface area contributed by atoms with Crippen molar-refractivity contribution in [2.45, 2.75) is 38.1 Å². The van der Waals surface area contributed by atoms with E-state index in [2.05, 4.69) is 50.1 Å². The molecule has 2 N–H and O–H groups in total. The maximum atomic E-state index is 6.37. The van der Waals surface area contributed by atoms with Crippen LogP contribution < -0.4 is 5.73 Å². The molecule has 0 saturated heterocycles. The minimum absolute atomic E-state index is 0. The first-order valence-corrected chi connectivity index (χ1v) is 7.47. The predicted molar refractivity (Wildman–Crippen MR) is 82.6 cm³/mol. The molecule has 1 fully saturated rings. The molecule has 0 aromatic heterocycles. The molecule has 1 aliphatic carbocycles. The van der Waals surface area contributed by atoms with Gasteiger partial charge in [0.1, 0.15) is 0 Å². The monoisotopic (exact) mass is 381 g/mol. The lowest BCUT2D eigenvalue weighted by Crippen LogP contribution is -2.23. The van der Waals surface area contributed by atoms with E-state index in [1.807, 2.05) is 0 Å². The van der Waals surface area contributed by atoms with Gasteiger partial charge in [-0.3, -0.25) is 0 Å². The Kier molecular flexibility index (Phi) is 6.49. The minimum Gasteiger partial charge on any atom is -0.324 e. The van der Waals surface area contributed by atoms with E-state index in [4.69, 9.17) is 5.73 Å². The number of nitrogens with two attached hydrogens (primary N) is 1. The molecular weight excluding hydrogens is 365 g/mol. The third-order valence-corrected chi connectivity index (χ3v) is 4.34. The molecule has 1 atom stereocenters. The Labute approximate surface area is 126 Å². The molecule has 1 aromatic rings. The lowest BCUT2D eigenvalue weighted by atomic mass is 9.81. The number of halogens is 3. The van der Waals surface area contributed by atoms with Gasteiger partial charge in [-0.05, 0) is 42.5 Å². The van der Waals surface area contributed by atoms with Crippen molar-refractivity contribution >= 4 is 44.3 Å². The normalized spacial score (nSPS) is 18.5. The number of rotatable bonds is 2. The highest BCUT2D eigenvalue weighted by Crippen LogP contribution is 2.34. The third kappa shape index (κ3) is 4.23. The highest BCUT2D eigenvalue weighted by Gasteiger charge is 2.22. The van der Waals surface area contributed by atoms with Gasteiger partial charge in [-0.1, -0.05) is 51.1 Å². The summed E-state index contributed by atoms with van der Waals surface area (Å²) in [5.41, 5.74) is 7.61. The first-order chi connectivity index (χ1) is 7.66. The van der Waals surface area contributed by atoms with E-state index in [1.54, 1.807) is 0 Å². The first kappa shape index (κ1) is 15.5. The molecule has 0 radical (unpaired) electrons. The Morgan fingerprint density at radius 3 is 2.06 bits per heavy atom. The largest absolute Gasteiger partial charge is 0.324 e. The summed E-state index contributed by atoms with van der Waals surface area (Å²) in [4.78, 5) is 0. The number of benzene rings is 1. The lowest BCUT2D eigenvalue weighted by molar-refractivity contribution is 0.308. The zero-order valence-electron chi connectivity index (χ0n) is 9.66. The maximum Gasteiger partial charge on any atom is 0.0324 e. The van der Waals surface area contributed by atoms with Crippen molar-refractivity contribution in [1.29, 1.82) is 0 Å². The Bertz CT molecular complexity index is 344. The van der Waals surface area contributed by atoms with E-state index in [1.165, 1.54) is 37.7 Å². The van der Waals surface area contributed by atoms with Crippen LogP contribution in [0.15, 0.2) is 27.1 Å². The standard InChI is InChI=1S/C13H17Br2N.ClH/c14-11-6-10(7-12(15)8-11)13(16)9-4-2-1-3-5-9;/h6-9,13H,1-5,16H2;1H/t13-;/m1./s1. The fraction of sp³-hybridized carbons (Fsp3) is 0.538. The molecule has 1 aromatic carbocycles. The summed E-state index contributed by atoms with van der Waals surface area (Å²) in [5.74, 6) is 0.662. The summed E-state index contributed by atoms with van der Waals surface area (Å²) < 4.78 is 2.20. The third-order valence-electron chi connectivity index (χ3n) is 3.43. The second-order valence-corrected chi connectivity index (χ2v) is 6.46. The summed E-state index contributed by atoms with van der Waals surface area (Å²) in [7, 11) is 0. The van der Waals surface area contributed by atoms with Crippen molar-refractivity contribution in [3.63, 3.8) is 0 Å². The molecule has 17 heavy (non-hydrogen) atoms. The van der Waals surface area contributed by atoms with Crippen molar-refractivity contribution in [3.05, 3.63) is 32.7 Å². The van der Waals surface area contributed by atoms with Crippen LogP contribution in [0.1, 0.15) is 43.7 Å². The van der Waals surface area contributed by atoms with E-state index in [0.29, 0.717) is 5.92 Å². The molecular formula is C13H18Br2ClN. The molecule has 1 aliphatic rings. The SMILES string of the molecule is Cl.N[C@@H](c1cc(Br)cc(Br)c1)C1CCCCC1. The smallest absolute Gasteiger partial charge is 0.0324 e. The Hall–Kier alpha value is 0.430. The Morgan fingerprint density at radius 2 is 1.53 bits per heavy atom. The van der Waals surface area contributed by atoms with Gasteiger partial charge in [0.25, 0.3) is 0 Å². The quantitative estimate of drug-likeness (QED) is 0.745. The lowest BCUT2D eigenvalue weighted by Gasteiger charge is -2.28. The first-order valence-electron chi connectivity index (χ1n) is 5.88. The molecule has 1 nitrogen and oxygen atoms in total. The molecule has 0 spiro atoms. The van der Waals surface area contributed by atoms with Crippen LogP contribution in [0.5, 0.6) is 0 Å². The summed E-state index contributed by atoms with van der Waals surface area (Å²) in [6, 6.07) is 6.53. The van der Waals surface area contributed by atoms with E-state index in [0.717, 1.165) is 8.95 Å². The van der Waals surface area contributed by atoms with Crippen LogP contribution in [-0.4, -0.2) is 0 Å². The fourth-order valence-corrected chi connectivity index (χ4v) is 3.86. The molecule has 96 valence electrons. The van der Waals surface area contributed by atoms with Crippen LogP contribution in [0.2, 0.25) is 0 Å². The fourth-order valence-electron chi connectivity index (χ4n) is 2.53. The van der Waals surface area contributed by atoms with Crippen LogP contribution in [0.25, 0.3) is 0 Å². The maximum absolute atomic E-state index is 6.37. The average Bonchev–Trinajstić information content (AvgIpc) is 2.28. The summed E-state index contributed by atoms with van der Waals surface area (Å²) >= 11 is 7.04. The van der Waals surface area contributed by atoms with Gasteiger partial charge in [-0.25, -0.2) is 0 Å². The van der Waals surface area contributed by atoms with Gasteiger partial charge in [0, 0.05) is 15.0 Å². The van der Waals surface area contributed by atoms with Gasteiger partial charge in [0.15, 0.2) is 0 Å². The minimum atomic E-state index is 0.